The van der Waals surface area contributed by atoms with E-state index in [2.05, 4.69) is 16.4 Å². The van der Waals surface area contributed by atoms with Crippen LogP contribution in [0.15, 0.2) is 0 Å². The van der Waals surface area contributed by atoms with Gasteiger partial charge in [-0.25, -0.2) is 4.39 Å². The van der Waals surface area contributed by atoms with Gasteiger partial charge in [-0.15, -0.1) is 0 Å². The van der Waals surface area contributed by atoms with Crippen LogP contribution in [0.4, 0.5) is 4.39 Å². The summed E-state index contributed by atoms with van der Waals surface area (Å²) in [6.45, 7) is 4.04. The van der Waals surface area contributed by atoms with Crippen LogP contribution in [-0.4, -0.2) is 29.6 Å². The van der Waals surface area contributed by atoms with Gasteiger partial charge in [0.05, 0.1) is 6.10 Å². The molecule has 0 bridgehead atoms. The number of unbranched alkanes of at least 4 members (excludes halogenated alkanes) is 3. The molecule has 0 heterocycles. The van der Waals surface area contributed by atoms with Crippen molar-refractivity contribution in [1.29, 1.82) is 0 Å². The minimum Gasteiger partial charge on any atom is -0.362 e. The van der Waals surface area contributed by atoms with Gasteiger partial charge in [0.15, 0.2) is 12.0 Å². The molecular formula is C20H34FO4P. The van der Waals surface area contributed by atoms with Crippen LogP contribution >= 0.6 is 9.47 Å². The van der Waals surface area contributed by atoms with Gasteiger partial charge in [-0.1, -0.05) is 39.5 Å². The summed E-state index contributed by atoms with van der Waals surface area (Å²) < 4.78 is 19.2. The van der Waals surface area contributed by atoms with E-state index in [1.165, 1.54) is 0 Å². The molecule has 0 aliphatic heterocycles. The fourth-order valence-corrected chi connectivity index (χ4v) is 4.03. The summed E-state index contributed by atoms with van der Waals surface area (Å²) in [5, 5.41) is 0. The Hall–Kier alpha value is -0.670. The van der Waals surface area contributed by atoms with Crippen LogP contribution in [0.3, 0.4) is 0 Å². The van der Waals surface area contributed by atoms with E-state index in [0.29, 0.717) is 19.3 Å². The highest BCUT2D eigenvalue weighted by Crippen LogP contribution is 2.38. The number of hydrogen-bond donors (Lipinski definition) is 0. The predicted octanol–water partition coefficient (Wildman–Crippen LogP) is 4.78. The topological polar surface area (TPSA) is 60.4 Å². The lowest BCUT2D eigenvalue weighted by Gasteiger charge is -2.22. The Bertz CT molecular complexity index is 469. The smallest absolute Gasteiger partial charge is 0.166 e. The number of ketones is 3. The summed E-state index contributed by atoms with van der Waals surface area (Å²) in [6, 6.07) is 0. The van der Waals surface area contributed by atoms with Gasteiger partial charge in [0, 0.05) is 41.1 Å². The standard InChI is InChI=1S/C20H34FO4P/c1-3-5-7-8-14(22)12-16-15(20(25-26)13-19(16)24)10-11-18(23)17(21)9-6-4-2/h15-17,20H,3-13,26H2,1-2H3/t15-,16?,17?,20?/m1/s1. The Kier molecular flexibility index (Phi) is 11.4. The Balaban J connectivity index is 2.60. The molecule has 6 heteroatoms. The van der Waals surface area contributed by atoms with E-state index in [1.807, 2.05) is 6.92 Å². The quantitative estimate of drug-likeness (QED) is 0.317. The third kappa shape index (κ3) is 7.52. The van der Waals surface area contributed by atoms with Gasteiger partial charge in [0.25, 0.3) is 0 Å². The molecule has 1 aliphatic rings. The molecule has 4 unspecified atom stereocenters. The van der Waals surface area contributed by atoms with Crippen molar-refractivity contribution in [2.45, 2.75) is 96.8 Å². The number of halogens is 1. The molecule has 1 saturated carbocycles. The molecule has 0 saturated heterocycles. The van der Waals surface area contributed by atoms with Crippen LogP contribution in [0.25, 0.3) is 0 Å². The number of Topliss-reactive ketones (excluding diaryl/α,β-unsaturated/α-hetero) is 3. The molecule has 5 atom stereocenters. The van der Waals surface area contributed by atoms with Gasteiger partial charge >= 0.3 is 0 Å². The average Bonchev–Trinajstić information content (AvgIpc) is 2.92. The van der Waals surface area contributed by atoms with Gasteiger partial charge in [-0.3, -0.25) is 14.4 Å². The first-order valence-electron chi connectivity index (χ1n) is 10.0. The molecule has 0 aromatic heterocycles. The van der Waals surface area contributed by atoms with Crippen molar-refractivity contribution in [3.63, 3.8) is 0 Å². The SMILES string of the molecule is CCCCCC(=O)CC1C(=O)CC(OP)[C@@H]1CCC(=O)C(F)CCCC. The first kappa shape index (κ1) is 23.4. The molecule has 0 aromatic carbocycles. The number of alkyl halides is 1. The summed E-state index contributed by atoms with van der Waals surface area (Å²) in [7, 11) is 2.18. The highest BCUT2D eigenvalue weighted by molar-refractivity contribution is 7.09. The zero-order valence-electron chi connectivity index (χ0n) is 16.2. The molecule has 1 fully saturated rings. The number of hydrogen-bond acceptors (Lipinski definition) is 4. The summed E-state index contributed by atoms with van der Waals surface area (Å²) in [5.41, 5.74) is 0. The lowest BCUT2D eigenvalue weighted by atomic mass is 9.84. The second-order valence-electron chi connectivity index (χ2n) is 7.43. The summed E-state index contributed by atoms with van der Waals surface area (Å²) in [5.74, 6) is -0.840. The van der Waals surface area contributed by atoms with Crippen LogP contribution < -0.4 is 0 Å². The molecular weight excluding hydrogens is 354 g/mol. The van der Waals surface area contributed by atoms with Gasteiger partial charge in [-0.05, 0) is 25.2 Å². The zero-order valence-corrected chi connectivity index (χ0v) is 17.3. The fourth-order valence-electron chi connectivity index (χ4n) is 3.73. The van der Waals surface area contributed by atoms with E-state index in [4.69, 9.17) is 4.52 Å². The van der Waals surface area contributed by atoms with Gasteiger partial charge < -0.3 is 4.52 Å². The van der Waals surface area contributed by atoms with Gasteiger partial charge in [0.1, 0.15) is 11.6 Å². The summed E-state index contributed by atoms with van der Waals surface area (Å²) >= 11 is 0. The van der Waals surface area contributed by atoms with Crippen molar-refractivity contribution in [3.05, 3.63) is 0 Å². The van der Waals surface area contributed by atoms with Crippen molar-refractivity contribution in [2.75, 3.05) is 0 Å². The minimum atomic E-state index is -1.42. The molecule has 0 radical (unpaired) electrons. The summed E-state index contributed by atoms with van der Waals surface area (Å²) in [6.07, 6.45) is 4.50. The Labute approximate surface area is 159 Å². The molecule has 1 aliphatic carbocycles. The second-order valence-corrected chi connectivity index (χ2v) is 7.70. The van der Waals surface area contributed by atoms with E-state index in [1.54, 1.807) is 0 Å². The van der Waals surface area contributed by atoms with Crippen molar-refractivity contribution in [3.8, 4) is 0 Å². The van der Waals surface area contributed by atoms with E-state index in [9.17, 15) is 18.8 Å². The zero-order chi connectivity index (χ0) is 19.5. The second kappa shape index (κ2) is 12.7. The maximum atomic E-state index is 13.9. The van der Waals surface area contributed by atoms with Crippen molar-refractivity contribution in [1.82, 2.24) is 0 Å². The first-order chi connectivity index (χ1) is 12.4. The third-order valence-corrected chi connectivity index (χ3v) is 5.73. The highest BCUT2D eigenvalue weighted by Gasteiger charge is 2.43. The molecule has 1 rings (SSSR count). The number of carbonyl (C=O) groups is 3. The van der Waals surface area contributed by atoms with Crippen molar-refractivity contribution < 1.29 is 23.3 Å². The van der Waals surface area contributed by atoms with E-state index in [0.717, 1.165) is 25.7 Å². The number of rotatable bonds is 14. The molecule has 0 amide bonds. The number of carbonyl (C=O) groups excluding carboxylic acids is 3. The van der Waals surface area contributed by atoms with E-state index >= 15 is 0 Å². The van der Waals surface area contributed by atoms with Gasteiger partial charge in [-0.2, -0.15) is 0 Å². The molecule has 0 N–H and O–H groups in total. The largest absolute Gasteiger partial charge is 0.362 e. The van der Waals surface area contributed by atoms with Crippen LogP contribution in [0.1, 0.15) is 84.5 Å². The maximum absolute atomic E-state index is 13.9. The van der Waals surface area contributed by atoms with Crippen LogP contribution in [0.2, 0.25) is 0 Å². The minimum absolute atomic E-state index is 0.0292. The molecule has 150 valence electrons. The molecule has 0 aromatic rings. The van der Waals surface area contributed by atoms with Crippen molar-refractivity contribution >= 4 is 26.8 Å². The van der Waals surface area contributed by atoms with E-state index < -0.39 is 17.9 Å². The average molecular weight is 388 g/mol. The highest BCUT2D eigenvalue weighted by atomic mass is 31.0. The monoisotopic (exact) mass is 388 g/mol. The first-order valence-corrected chi connectivity index (χ1v) is 10.5. The normalized spacial score (nSPS) is 24.0. The van der Waals surface area contributed by atoms with Crippen LogP contribution in [-0.2, 0) is 18.9 Å². The van der Waals surface area contributed by atoms with Crippen molar-refractivity contribution in [2.24, 2.45) is 11.8 Å². The molecule has 26 heavy (non-hydrogen) atoms. The lowest BCUT2D eigenvalue weighted by Crippen LogP contribution is -2.26. The predicted molar refractivity (Wildman–Crippen MR) is 104 cm³/mol. The Morgan fingerprint density at radius 3 is 2.50 bits per heavy atom. The van der Waals surface area contributed by atoms with Crippen LogP contribution in [0.5, 0.6) is 0 Å². The third-order valence-electron chi connectivity index (χ3n) is 5.38. The fraction of sp³-hybridized carbons (Fsp3) is 0.850. The van der Waals surface area contributed by atoms with Gasteiger partial charge in [0.2, 0.25) is 0 Å². The van der Waals surface area contributed by atoms with Crippen LogP contribution in [0, 0.1) is 11.8 Å². The maximum Gasteiger partial charge on any atom is 0.166 e. The molecule has 4 nitrogen and oxygen atoms in total. The summed E-state index contributed by atoms with van der Waals surface area (Å²) in [4.78, 5) is 36.6. The van der Waals surface area contributed by atoms with E-state index in [-0.39, 0.29) is 49.3 Å². The Morgan fingerprint density at radius 1 is 1.19 bits per heavy atom. The molecule has 0 spiro atoms. The lowest BCUT2D eigenvalue weighted by molar-refractivity contribution is -0.127. The Morgan fingerprint density at radius 2 is 1.88 bits per heavy atom.